The highest BCUT2D eigenvalue weighted by Crippen LogP contribution is 2.37. The summed E-state index contributed by atoms with van der Waals surface area (Å²) in [5, 5.41) is 0.705. The third kappa shape index (κ3) is 5.23. The number of nitrogens with one attached hydrogen (secondary N) is 2. The summed E-state index contributed by atoms with van der Waals surface area (Å²) in [5.41, 5.74) is 1.16. The Bertz CT molecular complexity index is 566. The summed E-state index contributed by atoms with van der Waals surface area (Å²) in [6.07, 6.45) is 4.77. The molecule has 0 bridgehead atoms. The molecule has 1 unspecified atom stereocenters. The number of hydrogen-bond donors (Lipinski definition) is 2. The van der Waals surface area contributed by atoms with Crippen molar-refractivity contribution in [3.63, 3.8) is 0 Å². The molecular formula is C16H25ClN2O2S. The molecule has 1 aromatic carbocycles. The van der Waals surface area contributed by atoms with Crippen LogP contribution in [0.5, 0.6) is 0 Å². The molecule has 6 heteroatoms. The smallest absolute Gasteiger partial charge is 0.202 e. The Balaban J connectivity index is 2.10. The topological polar surface area (TPSA) is 58.2 Å². The Morgan fingerprint density at radius 3 is 2.32 bits per heavy atom. The van der Waals surface area contributed by atoms with E-state index in [1.54, 1.807) is 0 Å². The lowest BCUT2D eigenvalue weighted by Crippen LogP contribution is -2.42. The third-order valence-electron chi connectivity index (χ3n) is 4.15. The van der Waals surface area contributed by atoms with Gasteiger partial charge in [0.1, 0.15) is 0 Å². The van der Waals surface area contributed by atoms with Crippen LogP contribution >= 0.6 is 11.6 Å². The van der Waals surface area contributed by atoms with E-state index >= 15 is 0 Å². The second kappa shape index (κ2) is 7.77. The van der Waals surface area contributed by atoms with Crippen molar-refractivity contribution < 1.29 is 8.42 Å². The fraction of sp³-hybridized carbons (Fsp3) is 0.625. The largest absolute Gasteiger partial charge is 0.277 e. The van der Waals surface area contributed by atoms with Gasteiger partial charge in [-0.25, -0.2) is 4.72 Å². The molecule has 2 rings (SSSR count). The van der Waals surface area contributed by atoms with Crippen LogP contribution < -0.4 is 9.44 Å². The van der Waals surface area contributed by atoms with Crippen LogP contribution in [0.25, 0.3) is 0 Å². The van der Waals surface area contributed by atoms with Gasteiger partial charge in [-0.2, -0.15) is 13.1 Å². The van der Waals surface area contributed by atoms with Crippen molar-refractivity contribution in [2.24, 2.45) is 5.92 Å². The van der Waals surface area contributed by atoms with Crippen LogP contribution in [-0.2, 0) is 10.2 Å². The lowest BCUT2D eigenvalue weighted by molar-refractivity contribution is 0.427. The summed E-state index contributed by atoms with van der Waals surface area (Å²) in [6, 6.07) is 7.66. The second-order valence-corrected chi connectivity index (χ2v) is 8.29. The molecule has 2 N–H and O–H groups in total. The van der Waals surface area contributed by atoms with Gasteiger partial charge in [0.2, 0.25) is 0 Å². The van der Waals surface area contributed by atoms with Crippen LogP contribution in [-0.4, -0.2) is 21.0 Å². The van der Waals surface area contributed by atoms with E-state index in [1.807, 2.05) is 38.1 Å². The molecular weight excluding hydrogens is 320 g/mol. The quantitative estimate of drug-likeness (QED) is 0.796. The molecule has 1 saturated carbocycles. The molecule has 22 heavy (non-hydrogen) atoms. The molecule has 1 fully saturated rings. The molecule has 0 radical (unpaired) electrons. The van der Waals surface area contributed by atoms with Crippen molar-refractivity contribution >= 4 is 21.8 Å². The maximum Gasteiger partial charge on any atom is 0.277 e. The molecule has 1 aromatic rings. The fourth-order valence-corrected chi connectivity index (χ4v) is 4.41. The first-order chi connectivity index (χ1) is 10.4. The van der Waals surface area contributed by atoms with Crippen LogP contribution in [0.15, 0.2) is 24.3 Å². The molecule has 0 aliphatic heterocycles. The SMILES string of the molecule is CC(C)NS(=O)(=O)NCC(c1ccc(Cl)cc1)C1CCCC1. The Morgan fingerprint density at radius 2 is 1.77 bits per heavy atom. The van der Waals surface area contributed by atoms with Crippen molar-refractivity contribution in [1.29, 1.82) is 0 Å². The standard InChI is InChI=1S/C16H25ClN2O2S/c1-12(2)19-22(20,21)18-11-16(13-5-3-4-6-13)14-7-9-15(17)10-8-14/h7-10,12-13,16,18-19H,3-6,11H2,1-2H3. The summed E-state index contributed by atoms with van der Waals surface area (Å²) in [6.45, 7) is 4.05. The summed E-state index contributed by atoms with van der Waals surface area (Å²) in [4.78, 5) is 0. The average Bonchev–Trinajstić information content (AvgIpc) is 2.93. The Morgan fingerprint density at radius 1 is 1.18 bits per heavy atom. The van der Waals surface area contributed by atoms with Crippen LogP contribution in [0.1, 0.15) is 51.0 Å². The number of hydrogen-bond acceptors (Lipinski definition) is 2. The van der Waals surface area contributed by atoms with Gasteiger partial charge in [0.25, 0.3) is 10.2 Å². The van der Waals surface area contributed by atoms with Gasteiger partial charge in [-0.15, -0.1) is 0 Å². The molecule has 4 nitrogen and oxygen atoms in total. The highest BCUT2D eigenvalue weighted by Gasteiger charge is 2.27. The summed E-state index contributed by atoms with van der Waals surface area (Å²) in [7, 11) is -3.45. The normalized spacial score (nSPS) is 18.0. The van der Waals surface area contributed by atoms with E-state index in [0.717, 1.165) is 18.4 Å². The van der Waals surface area contributed by atoms with Crippen LogP contribution in [0, 0.1) is 5.92 Å². The van der Waals surface area contributed by atoms with Gasteiger partial charge >= 0.3 is 0 Å². The first-order valence-corrected chi connectivity index (χ1v) is 9.76. The zero-order valence-corrected chi connectivity index (χ0v) is 14.8. The van der Waals surface area contributed by atoms with Gasteiger partial charge in [0, 0.05) is 23.5 Å². The zero-order valence-electron chi connectivity index (χ0n) is 13.2. The monoisotopic (exact) mass is 344 g/mol. The van der Waals surface area contributed by atoms with Crippen molar-refractivity contribution in [3.05, 3.63) is 34.9 Å². The molecule has 0 aromatic heterocycles. The zero-order chi connectivity index (χ0) is 16.2. The maximum absolute atomic E-state index is 12.0. The molecule has 1 atom stereocenters. The van der Waals surface area contributed by atoms with Crippen molar-refractivity contribution in [3.8, 4) is 0 Å². The predicted molar refractivity (Wildman–Crippen MR) is 91.3 cm³/mol. The summed E-state index contributed by atoms with van der Waals surface area (Å²) < 4.78 is 29.3. The minimum Gasteiger partial charge on any atom is -0.202 e. The van der Waals surface area contributed by atoms with Crippen molar-refractivity contribution in [2.75, 3.05) is 6.54 Å². The van der Waals surface area contributed by atoms with E-state index in [2.05, 4.69) is 9.44 Å². The van der Waals surface area contributed by atoms with Gasteiger partial charge < -0.3 is 0 Å². The summed E-state index contributed by atoms with van der Waals surface area (Å²) >= 11 is 5.96. The van der Waals surface area contributed by atoms with Gasteiger partial charge in [-0.3, -0.25) is 0 Å². The van der Waals surface area contributed by atoms with Crippen LogP contribution in [0.2, 0.25) is 5.02 Å². The number of benzene rings is 1. The maximum atomic E-state index is 12.0. The minimum absolute atomic E-state index is 0.113. The van der Waals surface area contributed by atoms with Gasteiger partial charge in [0.05, 0.1) is 0 Å². The molecule has 0 saturated heterocycles. The van der Waals surface area contributed by atoms with Crippen molar-refractivity contribution in [1.82, 2.24) is 9.44 Å². The first-order valence-electron chi connectivity index (χ1n) is 7.90. The van der Waals surface area contributed by atoms with Gasteiger partial charge in [-0.05, 0) is 50.3 Å². The van der Waals surface area contributed by atoms with Crippen LogP contribution in [0.3, 0.4) is 0 Å². The summed E-state index contributed by atoms with van der Waals surface area (Å²) in [5.74, 6) is 0.728. The lowest BCUT2D eigenvalue weighted by Gasteiger charge is -2.24. The Hall–Kier alpha value is -0.620. The van der Waals surface area contributed by atoms with Crippen LogP contribution in [0.4, 0.5) is 0 Å². The van der Waals surface area contributed by atoms with Crippen molar-refractivity contribution in [2.45, 2.75) is 51.5 Å². The average molecular weight is 345 g/mol. The number of rotatable bonds is 7. The molecule has 1 aliphatic rings. The molecule has 124 valence electrons. The Labute approximate surface area is 138 Å². The Kier molecular flexibility index (Phi) is 6.26. The third-order valence-corrected chi connectivity index (χ3v) is 5.73. The molecule has 0 spiro atoms. The molecule has 1 aliphatic carbocycles. The van der Waals surface area contributed by atoms with E-state index in [0.29, 0.717) is 17.5 Å². The lowest BCUT2D eigenvalue weighted by atomic mass is 9.85. The second-order valence-electron chi connectivity index (χ2n) is 6.33. The van der Waals surface area contributed by atoms with E-state index < -0.39 is 10.2 Å². The highest BCUT2D eigenvalue weighted by atomic mass is 35.5. The fourth-order valence-electron chi connectivity index (χ4n) is 3.18. The van der Waals surface area contributed by atoms with E-state index in [4.69, 9.17) is 11.6 Å². The predicted octanol–water partition coefficient (Wildman–Crippen LogP) is 3.45. The van der Waals surface area contributed by atoms with Gasteiger partial charge in [0.15, 0.2) is 0 Å². The van der Waals surface area contributed by atoms with E-state index in [9.17, 15) is 8.42 Å². The molecule has 0 heterocycles. The van der Waals surface area contributed by atoms with E-state index in [1.165, 1.54) is 12.8 Å². The molecule has 0 amide bonds. The number of halogens is 1. The minimum atomic E-state index is -3.45. The van der Waals surface area contributed by atoms with Gasteiger partial charge in [-0.1, -0.05) is 36.6 Å². The highest BCUT2D eigenvalue weighted by molar-refractivity contribution is 7.87. The van der Waals surface area contributed by atoms with E-state index in [-0.39, 0.29) is 12.0 Å². The first kappa shape index (κ1) is 17.7.